The van der Waals surface area contributed by atoms with Crippen LogP contribution in [0.3, 0.4) is 0 Å². The molecule has 2 rings (SSSR count). The minimum absolute atomic E-state index is 0.302. The van der Waals surface area contributed by atoms with E-state index in [0.29, 0.717) is 13.0 Å². The standard InChI is InChI=1S/C15H14N2O5/c1-22-15(21)12-9-17(8-11(13(12)18)14(19)20)7-5-10-4-2-3-6-16-10/h2-4,6,8-9H,5,7H2,1H3,(H,19,20). The van der Waals surface area contributed by atoms with Gasteiger partial charge >= 0.3 is 11.9 Å². The average Bonchev–Trinajstić information content (AvgIpc) is 2.53. The Morgan fingerprint density at radius 1 is 1.27 bits per heavy atom. The van der Waals surface area contributed by atoms with Crippen molar-refractivity contribution in [2.45, 2.75) is 13.0 Å². The molecule has 22 heavy (non-hydrogen) atoms. The topological polar surface area (TPSA) is 98.5 Å². The number of hydrogen-bond acceptors (Lipinski definition) is 5. The Morgan fingerprint density at radius 2 is 2.00 bits per heavy atom. The molecule has 0 aromatic carbocycles. The highest BCUT2D eigenvalue weighted by Gasteiger charge is 2.19. The molecule has 0 spiro atoms. The van der Waals surface area contributed by atoms with Crippen molar-refractivity contribution >= 4 is 11.9 Å². The first-order valence-corrected chi connectivity index (χ1v) is 6.48. The lowest BCUT2D eigenvalue weighted by Gasteiger charge is -2.09. The lowest BCUT2D eigenvalue weighted by Crippen LogP contribution is -2.25. The first-order chi connectivity index (χ1) is 10.5. The van der Waals surface area contributed by atoms with Gasteiger partial charge in [0.1, 0.15) is 11.1 Å². The van der Waals surface area contributed by atoms with Crippen molar-refractivity contribution in [2.75, 3.05) is 7.11 Å². The molecule has 2 heterocycles. The maximum absolute atomic E-state index is 11.9. The summed E-state index contributed by atoms with van der Waals surface area (Å²) in [6.45, 7) is 0.377. The quantitative estimate of drug-likeness (QED) is 0.826. The molecule has 2 aromatic heterocycles. The summed E-state index contributed by atoms with van der Waals surface area (Å²) in [6, 6.07) is 5.47. The Labute approximate surface area is 125 Å². The molecule has 0 aliphatic rings. The first-order valence-electron chi connectivity index (χ1n) is 6.48. The number of rotatable bonds is 5. The largest absolute Gasteiger partial charge is 0.477 e. The predicted octanol–water partition coefficient (Wildman–Crippen LogP) is 0.971. The summed E-state index contributed by atoms with van der Waals surface area (Å²) in [6.07, 6.45) is 4.69. The maximum atomic E-state index is 11.9. The molecule has 0 fully saturated rings. The van der Waals surface area contributed by atoms with E-state index in [-0.39, 0.29) is 5.56 Å². The second-order valence-electron chi connectivity index (χ2n) is 4.52. The second kappa shape index (κ2) is 6.66. The van der Waals surface area contributed by atoms with Gasteiger partial charge in [-0.05, 0) is 12.1 Å². The summed E-state index contributed by atoms with van der Waals surface area (Å²) in [5.41, 5.74) is -0.807. The van der Waals surface area contributed by atoms with Crippen LogP contribution in [0.15, 0.2) is 41.6 Å². The average molecular weight is 302 g/mol. The number of carbonyl (C=O) groups excluding carboxylic acids is 1. The number of nitrogens with zero attached hydrogens (tertiary/aromatic N) is 2. The molecule has 0 bridgehead atoms. The van der Waals surface area contributed by atoms with E-state index < -0.39 is 22.9 Å². The van der Waals surface area contributed by atoms with Crippen molar-refractivity contribution in [1.29, 1.82) is 0 Å². The van der Waals surface area contributed by atoms with Gasteiger partial charge in [0, 0.05) is 37.3 Å². The van der Waals surface area contributed by atoms with Crippen LogP contribution >= 0.6 is 0 Å². The van der Waals surface area contributed by atoms with Crippen molar-refractivity contribution in [3.8, 4) is 0 Å². The van der Waals surface area contributed by atoms with E-state index in [0.717, 1.165) is 12.8 Å². The summed E-state index contributed by atoms with van der Waals surface area (Å²) < 4.78 is 5.99. The number of carboxylic acid groups (broad SMARTS) is 1. The molecule has 0 aliphatic heterocycles. The zero-order valence-corrected chi connectivity index (χ0v) is 11.9. The fraction of sp³-hybridized carbons (Fsp3) is 0.200. The smallest absolute Gasteiger partial charge is 0.343 e. The number of carboxylic acids is 1. The van der Waals surface area contributed by atoms with Gasteiger partial charge < -0.3 is 14.4 Å². The third-order valence-corrected chi connectivity index (χ3v) is 3.07. The molecule has 7 nitrogen and oxygen atoms in total. The van der Waals surface area contributed by atoms with Crippen LogP contribution < -0.4 is 5.43 Å². The number of hydrogen-bond donors (Lipinski definition) is 1. The van der Waals surface area contributed by atoms with Crippen LogP contribution in [0.1, 0.15) is 26.4 Å². The Hall–Kier alpha value is -2.96. The lowest BCUT2D eigenvalue weighted by atomic mass is 10.1. The summed E-state index contributed by atoms with van der Waals surface area (Å²) in [5.74, 6) is -2.25. The molecule has 0 amide bonds. The van der Waals surface area contributed by atoms with Crippen molar-refractivity contribution in [1.82, 2.24) is 9.55 Å². The molecule has 0 saturated heterocycles. The van der Waals surface area contributed by atoms with E-state index in [1.807, 2.05) is 12.1 Å². The molecule has 2 aromatic rings. The number of aromatic nitrogens is 2. The van der Waals surface area contributed by atoms with Crippen LogP contribution in [-0.2, 0) is 17.7 Å². The summed E-state index contributed by atoms with van der Waals surface area (Å²) in [5, 5.41) is 9.08. The fourth-order valence-corrected chi connectivity index (χ4v) is 1.96. The second-order valence-corrected chi connectivity index (χ2v) is 4.52. The first kappa shape index (κ1) is 15.4. The number of methoxy groups -OCH3 is 1. The van der Waals surface area contributed by atoms with Crippen molar-refractivity contribution in [3.63, 3.8) is 0 Å². The van der Waals surface area contributed by atoms with Gasteiger partial charge in [0.2, 0.25) is 5.43 Å². The minimum Gasteiger partial charge on any atom is -0.477 e. The molecule has 0 saturated carbocycles. The van der Waals surface area contributed by atoms with Gasteiger partial charge in [-0.1, -0.05) is 6.07 Å². The zero-order valence-electron chi connectivity index (χ0n) is 11.9. The fourth-order valence-electron chi connectivity index (χ4n) is 1.96. The number of aromatic carboxylic acids is 1. The predicted molar refractivity (Wildman–Crippen MR) is 76.9 cm³/mol. The SMILES string of the molecule is COC(=O)c1cn(CCc2ccccn2)cc(C(=O)O)c1=O. The van der Waals surface area contributed by atoms with Crippen LogP contribution in [0, 0.1) is 0 Å². The monoisotopic (exact) mass is 302 g/mol. The zero-order chi connectivity index (χ0) is 16.1. The number of esters is 1. The lowest BCUT2D eigenvalue weighted by molar-refractivity contribution is 0.0598. The van der Waals surface area contributed by atoms with E-state index in [1.54, 1.807) is 12.3 Å². The molecular formula is C15H14N2O5. The molecule has 1 N–H and O–H groups in total. The third-order valence-electron chi connectivity index (χ3n) is 3.07. The Bertz CT molecular complexity index is 752. The van der Waals surface area contributed by atoms with Gasteiger partial charge in [0.25, 0.3) is 0 Å². The van der Waals surface area contributed by atoms with Gasteiger partial charge in [0.15, 0.2) is 0 Å². The Kier molecular flexibility index (Phi) is 4.67. The highest BCUT2D eigenvalue weighted by molar-refractivity contribution is 5.93. The molecule has 0 unspecified atom stereocenters. The molecule has 0 radical (unpaired) electrons. The Balaban J connectivity index is 2.35. The number of aryl methyl sites for hydroxylation is 2. The van der Waals surface area contributed by atoms with E-state index in [2.05, 4.69) is 9.72 Å². The van der Waals surface area contributed by atoms with E-state index in [9.17, 15) is 14.4 Å². The van der Waals surface area contributed by atoms with Crippen LogP contribution in [0.4, 0.5) is 0 Å². The van der Waals surface area contributed by atoms with E-state index in [1.165, 1.54) is 17.0 Å². The van der Waals surface area contributed by atoms with Crippen LogP contribution in [0.2, 0.25) is 0 Å². The van der Waals surface area contributed by atoms with Gasteiger partial charge in [-0.15, -0.1) is 0 Å². The van der Waals surface area contributed by atoms with Crippen molar-refractivity contribution in [3.05, 3.63) is 63.8 Å². The number of carbonyl (C=O) groups is 2. The highest BCUT2D eigenvalue weighted by atomic mass is 16.5. The van der Waals surface area contributed by atoms with Gasteiger partial charge in [-0.25, -0.2) is 9.59 Å². The van der Waals surface area contributed by atoms with Crippen LogP contribution in [-0.4, -0.2) is 33.7 Å². The Morgan fingerprint density at radius 3 is 2.59 bits per heavy atom. The van der Waals surface area contributed by atoms with E-state index in [4.69, 9.17) is 5.11 Å². The maximum Gasteiger partial charge on any atom is 0.343 e. The minimum atomic E-state index is -1.39. The molecule has 0 aliphatic carbocycles. The van der Waals surface area contributed by atoms with Crippen molar-refractivity contribution < 1.29 is 19.4 Å². The molecule has 7 heteroatoms. The summed E-state index contributed by atoms with van der Waals surface area (Å²) >= 11 is 0. The van der Waals surface area contributed by atoms with Gasteiger partial charge in [-0.3, -0.25) is 9.78 Å². The van der Waals surface area contributed by atoms with Crippen molar-refractivity contribution in [2.24, 2.45) is 0 Å². The van der Waals surface area contributed by atoms with Gasteiger partial charge in [-0.2, -0.15) is 0 Å². The summed E-state index contributed by atoms with van der Waals surface area (Å²) in [4.78, 5) is 38.8. The number of pyridine rings is 2. The number of ether oxygens (including phenoxy) is 1. The van der Waals surface area contributed by atoms with Crippen LogP contribution in [0.5, 0.6) is 0 Å². The normalized spacial score (nSPS) is 10.2. The van der Waals surface area contributed by atoms with Gasteiger partial charge in [0.05, 0.1) is 7.11 Å². The molecular weight excluding hydrogens is 288 g/mol. The summed E-state index contributed by atoms with van der Waals surface area (Å²) in [7, 11) is 1.13. The van der Waals surface area contributed by atoms with Crippen LogP contribution in [0.25, 0.3) is 0 Å². The third kappa shape index (κ3) is 3.38. The molecule has 114 valence electrons. The molecule has 0 atom stereocenters. The highest BCUT2D eigenvalue weighted by Crippen LogP contribution is 2.04. The van der Waals surface area contributed by atoms with E-state index >= 15 is 0 Å².